The van der Waals surface area contributed by atoms with E-state index in [2.05, 4.69) is 36.3 Å². The third-order valence-corrected chi connectivity index (χ3v) is 3.05. The van der Waals surface area contributed by atoms with Crippen LogP contribution >= 0.6 is 0 Å². The molecule has 0 aromatic carbocycles. The quantitative estimate of drug-likeness (QED) is 0.792. The molecule has 1 rings (SSSR count). The summed E-state index contributed by atoms with van der Waals surface area (Å²) in [7, 11) is 0. The Kier molecular flexibility index (Phi) is 4.52. The van der Waals surface area contributed by atoms with Gasteiger partial charge in [0, 0.05) is 5.54 Å². The third kappa shape index (κ3) is 4.25. The summed E-state index contributed by atoms with van der Waals surface area (Å²) in [5, 5.41) is 9.93. The third-order valence-electron chi connectivity index (χ3n) is 3.05. The van der Waals surface area contributed by atoms with Crippen molar-refractivity contribution in [3.8, 4) is 0 Å². The fourth-order valence-electron chi connectivity index (χ4n) is 2.71. The van der Waals surface area contributed by atoms with Crippen molar-refractivity contribution >= 4 is 11.6 Å². The largest absolute Gasteiger partial charge is 0.395 e. The van der Waals surface area contributed by atoms with Crippen LogP contribution in [0.4, 0.5) is 5.69 Å². The minimum absolute atomic E-state index is 0.136. The number of hydrogen-bond acceptors (Lipinski definition) is 3. The molecule has 1 aromatic rings. The van der Waals surface area contributed by atoms with Gasteiger partial charge in [0.05, 0.1) is 11.4 Å². The van der Waals surface area contributed by atoms with Crippen molar-refractivity contribution in [3.05, 3.63) is 11.4 Å². The average Bonchev–Trinajstić information content (AvgIpc) is 2.54. The Bertz CT molecular complexity index is 481. The molecule has 5 heteroatoms. The molecule has 0 aliphatic rings. The molecule has 0 saturated heterocycles. The molecule has 5 nitrogen and oxygen atoms in total. The number of anilines is 1. The van der Waals surface area contributed by atoms with Gasteiger partial charge in [0.15, 0.2) is 5.69 Å². The van der Waals surface area contributed by atoms with E-state index in [1.54, 1.807) is 0 Å². The zero-order chi connectivity index (χ0) is 15.7. The second-order valence-corrected chi connectivity index (χ2v) is 7.63. The number of nitrogens with zero attached hydrogens (tertiary/aromatic N) is 1. The molecule has 0 aliphatic carbocycles. The van der Waals surface area contributed by atoms with Gasteiger partial charge in [-0.25, -0.2) is 0 Å². The predicted octanol–water partition coefficient (Wildman–Crippen LogP) is 3.06. The van der Waals surface area contributed by atoms with Crippen LogP contribution in [0.1, 0.15) is 77.0 Å². The summed E-state index contributed by atoms with van der Waals surface area (Å²) >= 11 is 0. The van der Waals surface area contributed by atoms with E-state index in [-0.39, 0.29) is 28.5 Å². The zero-order valence-corrected chi connectivity index (χ0v) is 13.7. The molecular weight excluding hydrogens is 252 g/mol. The van der Waals surface area contributed by atoms with Gasteiger partial charge < -0.3 is 11.1 Å². The zero-order valence-electron chi connectivity index (χ0n) is 13.7. The maximum atomic E-state index is 12.3. The Morgan fingerprint density at radius 1 is 1.30 bits per heavy atom. The van der Waals surface area contributed by atoms with Crippen LogP contribution in [0, 0.1) is 5.41 Å². The van der Waals surface area contributed by atoms with Gasteiger partial charge in [0.25, 0.3) is 5.91 Å². The molecule has 0 bridgehead atoms. The van der Waals surface area contributed by atoms with Crippen LogP contribution in [-0.4, -0.2) is 21.6 Å². The van der Waals surface area contributed by atoms with Gasteiger partial charge in [-0.3, -0.25) is 9.89 Å². The predicted molar refractivity (Wildman–Crippen MR) is 82.7 cm³/mol. The Morgan fingerprint density at radius 2 is 1.85 bits per heavy atom. The molecule has 1 heterocycles. The van der Waals surface area contributed by atoms with Crippen molar-refractivity contribution in [2.45, 2.75) is 66.3 Å². The van der Waals surface area contributed by atoms with E-state index in [0.717, 1.165) is 12.1 Å². The first-order chi connectivity index (χ1) is 8.93. The Balaban J connectivity index is 2.87. The molecule has 114 valence electrons. The van der Waals surface area contributed by atoms with E-state index < -0.39 is 0 Å². The van der Waals surface area contributed by atoms with Crippen LogP contribution in [0.3, 0.4) is 0 Å². The fraction of sp³-hybridized carbons (Fsp3) is 0.733. The van der Waals surface area contributed by atoms with Gasteiger partial charge in [-0.05, 0) is 31.6 Å². The number of carbonyl (C=O) groups is 1. The van der Waals surface area contributed by atoms with Gasteiger partial charge in [-0.2, -0.15) is 5.10 Å². The number of aromatic amines is 1. The number of amides is 1. The maximum absolute atomic E-state index is 12.3. The van der Waals surface area contributed by atoms with Crippen molar-refractivity contribution in [1.82, 2.24) is 15.5 Å². The first-order valence-electron chi connectivity index (χ1n) is 7.09. The van der Waals surface area contributed by atoms with Gasteiger partial charge in [-0.1, -0.05) is 34.6 Å². The lowest BCUT2D eigenvalue weighted by molar-refractivity contribution is 0.0887. The number of aromatic nitrogens is 2. The first-order valence-corrected chi connectivity index (χ1v) is 7.09. The minimum atomic E-state index is -0.307. The smallest absolute Gasteiger partial charge is 0.274 e. The van der Waals surface area contributed by atoms with Crippen molar-refractivity contribution in [3.63, 3.8) is 0 Å². The highest BCUT2D eigenvalue weighted by Gasteiger charge is 2.29. The Hall–Kier alpha value is -1.52. The monoisotopic (exact) mass is 280 g/mol. The van der Waals surface area contributed by atoms with Crippen molar-refractivity contribution < 1.29 is 4.79 Å². The molecule has 1 aromatic heterocycles. The van der Waals surface area contributed by atoms with Gasteiger partial charge in [0.1, 0.15) is 0 Å². The van der Waals surface area contributed by atoms with Crippen LogP contribution in [-0.2, 0) is 0 Å². The van der Waals surface area contributed by atoms with Crippen LogP contribution < -0.4 is 11.1 Å². The maximum Gasteiger partial charge on any atom is 0.274 e. The normalized spacial score (nSPS) is 12.8. The molecule has 0 fully saturated rings. The minimum Gasteiger partial charge on any atom is -0.395 e. The molecular formula is C15H28N4O. The molecule has 20 heavy (non-hydrogen) atoms. The van der Waals surface area contributed by atoms with Gasteiger partial charge in [-0.15, -0.1) is 0 Å². The Morgan fingerprint density at radius 3 is 2.25 bits per heavy atom. The second kappa shape index (κ2) is 5.46. The number of carbonyl (C=O) groups excluding carboxylic acids is 1. The van der Waals surface area contributed by atoms with E-state index in [4.69, 9.17) is 5.73 Å². The second-order valence-electron chi connectivity index (χ2n) is 7.63. The fourth-order valence-corrected chi connectivity index (χ4v) is 2.71. The molecule has 0 radical (unpaired) electrons. The van der Waals surface area contributed by atoms with Crippen molar-refractivity contribution in [2.75, 3.05) is 5.73 Å². The highest BCUT2D eigenvalue weighted by atomic mass is 16.2. The van der Waals surface area contributed by atoms with E-state index >= 15 is 0 Å². The average molecular weight is 280 g/mol. The van der Waals surface area contributed by atoms with Gasteiger partial charge >= 0.3 is 0 Å². The number of nitrogens with one attached hydrogen (secondary N) is 2. The standard InChI is InChI=1S/C15H28N4O/c1-9(2)11-10(16)12(19-18-11)13(20)17-15(6,7)8-14(3,4)5/h9H,8,16H2,1-7H3,(H,17,20)(H,18,19). The van der Waals surface area contributed by atoms with Crippen LogP contribution in [0.2, 0.25) is 0 Å². The lowest BCUT2D eigenvalue weighted by Crippen LogP contribution is -2.46. The number of rotatable bonds is 4. The van der Waals surface area contributed by atoms with Crippen LogP contribution in [0.5, 0.6) is 0 Å². The lowest BCUT2D eigenvalue weighted by atomic mass is 9.82. The van der Waals surface area contributed by atoms with E-state index in [1.807, 2.05) is 27.7 Å². The summed E-state index contributed by atoms with van der Waals surface area (Å²) in [6.07, 6.45) is 0.868. The molecule has 4 N–H and O–H groups in total. The summed E-state index contributed by atoms with van der Waals surface area (Å²) in [5.74, 6) is -0.00784. The SMILES string of the molecule is CC(C)c1[nH]nc(C(=O)NC(C)(C)CC(C)(C)C)c1N. The molecule has 0 aliphatic heterocycles. The first kappa shape index (κ1) is 16.5. The number of nitrogens with two attached hydrogens (primary N) is 1. The molecule has 0 atom stereocenters. The molecule has 0 spiro atoms. The summed E-state index contributed by atoms with van der Waals surface area (Å²) in [4.78, 5) is 12.3. The van der Waals surface area contributed by atoms with E-state index in [0.29, 0.717) is 5.69 Å². The highest BCUT2D eigenvalue weighted by molar-refractivity contribution is 5.98. The lowest BCUT2D eigenvalue weighted by Gasteiger charge is -2.33. The topological polar surface area (TPSA) is 83.8 Å². The van der Waals surface area contributed by atoms with Crippen molar-refractivity contribution in [2.24, 2.45) is 5.41 Å². The van der Waals surface area contributed by atoms with Crippen molar-refractivity contribution in [1.29, 1.82) is 0 Å². The van der Waals surface area contributed by atoms with E-state index in [9.17, 15) is 4.79 Å². The molecule has 0 unspecified atom stereocenters. The summed E-state index contributed by atoms with van der Waals surface area (Å²) in [5.41, 5.74) is 7.37. The number of nitrogen functional groups attached to an aromatic ring is 1. The summed E-state index contributed by atoms with van der Waals surface area (Å²) in [6.45, 7) is 14.5. The van der Waals surface area contributed by atoms with E-state index in [1.165, 1.54) is 0 Å². The Labute approximate surface area is 121 Å². The van der Waals surface area contributed by atoms with Gasteiger partial charge in [0.2, 0.25) is 0 Å². The summed E-state index contributed by atoms with van der Waals surface area (Å²) in [6, 6.07) is 0. The molecule has 1 amide bonds. The number of hydrogen-bond donors (Lipinski definition) is 3. The molecule has 0 saturated carbocycles. The van der Waals surface area contributed by atoms with Crippen LogP contribution in [0.15, 0.2) is 0 Å². The number of H-pyrrole nitrogens is 1. The highest BCUT2D eigenvalue weighted by Crippen LogP contribution is 2.28. The van der Waals surface area contributed by atoms with Crippen LogP contribution in [0.25, 0.3) is 0 Å². The summed E-state index contributed by atoms with van der Waals surface area (Å²) < 4.78 is 0.